The number of hydrogen-bond donors (Lipinski definition) is 1. The Hall–Kier alpha value is -2.32. The summed E-state index contributed by atoms with van der Waals surface area (Å²) in [7, 11) is 1.29. The normalized spacial score (nSPS) is 9.52. The van der Waals surface area contributed by atoms with Crippen LogP contribution >= 0.6 is 0 Å². The Balaban J connectivity index is 2.96. The molecule has 5 nitrogen and oxygen atoms in total. The van der Waals surface area contributed by atoms with E-state index < -0.39 is 5.97 Å². The maximum atomic E-state index is 12.3. The van der Waals surface area contributed by atoms with Crippen molar-refractivity contribution in [1.82, 2.24) is 4.90 Å². The Bertz CT molecular complexity index is 584. The van der Waals surface area contributed by atoms with Gasteiger partial charge >= 0.3 is 5.97 Å². The Morgan fingerprint density at radius 3 is 2.62 bits per heavy atom. The molecule has 0 heterocycles. The quantitative estimate of drug-likeness (QED) is 0.662. The number of aryl methyl sites for hydroxylation is 1. The molecule has 112 valence electrons. The van der Waals surface area contributed by atoms with Gasteiger partial charge < -0.3 is 14.7 Å². The second-order valence-electron chi connectivity index (χ2n) is 4.39. The lowest BCUT2D eigenvalue weighted by molar-refractivity contribution is -0.141. The number of amides is 1. The van der Waals surface area contributed by atoms with E-state index in [0.717, 1.165) is 11.1 Å². The molecule has 0 saturated carbocycles. The van der Waals surface area contributed by atoms with E-state index >= 15 is 0 Å². The van der Waals surface area contributed by atoms with Crippen molar-refractivity contribution in [2.75, 3.05) is 26.8 Å². The molecule has 0 aliphatic carbocycles. The van der Waals surface area contributed by atoms with Crippen molar-refractivity contribution in [3.05, 3.63) is 34.9 Å². The molecule has 0 unspecified atom stereocenters. The van der Waals surface area contributed by atoms with Crippen LogP contribution in [0.25, 0.3) is 0 Å². The van der Waals surface area contributed by atoms with Crippen molar-refractivity contribution in [1.29, 1.82) is 0 Å². The number of aliphatic hydroxyl groups excluding tert-OH is 1. The van der Waals surface area contributed by atoms with Crippen LogP contribution in [-0.2, 0) is 9.53 Å². The summed E-state index contributed by atoms with van der Waals surface area (Å²) in [5, 5.41) is 8.70. The summed E-state index contributed by atoms with van der Waals surface area (Å²) in [5.74, 6) is 4.70. The predicted molar refractivity (Wildman–Crippen MR) is 78.7 cm³/mol. The highest BCUT2D eigenvalue weighted by Gasteiger charge is 2.18. The average Bonchev–Trinajstić information content (AvgIpc) is 2.50. The first-order chi connectivity index (χ1) is 10.0. The number of methoxy groups -OCH3 is 1. The number of nitrogens with zero attached hydrogens (tertiary/aromatic N) is 1. The molecule has 0 radical (unpaired) electrons. The summed E-state index contributed by atoms with van der Waals surface area (Å²) in [6, 6.07) is 5.12. The van der Waals surface area contributed by atoms with E-state index in [2.05, 4.69) is 16.6 Å². The van der Waals surface area contributed by atoms with E-state index in [4.69, 9.17) is 5.11 Å². The molecule has 1 rings (SSSR count). The lowest BCUT2D eigenvalue weighted by atomic mass is 10.0. The SMILES string of the molecule is CCN(CC(=O)OC)C(=O)c1ccc(C#CCO)c(C)c1. The molecule has 0 aliphatic heterocycles. The topological polar surface area (TPSA) is 66.8 Å². The fourth-order valence-corrected chi connectivity index (χ4v) is 1.80. The van der Waals surface area contributed by atoms with Crippen LogP contribution in [0.5, 0.6) is 0 Å². The van der Waals surface area contributed by atoms with E-state index in [9.17, 15) is 9.59 Å². The van der Waals surface area contributed by atoms with Crippen molar-refractivity contribution >= 4 is 11.9 Å². The van der Waals surface area contributed by atoms with Crippen molar-refractivity contribution in [2.24, 2.45) is 0 Å². The van der Waals surface area contributed by atoms with E-state index in [-0.39, 0.29) is 19.1 Å². The van der Waals surface area contributed by atoms with Gasteiger partial charge in [0.25, 0.3) is 5.91 Å². The molecule has 0 bridgehead atoms. The van der Waals surface area contributed by atoms with Crippen LogP contribution in [0, 0.1) is 18.8 Å². The van der Waals surface area contributed by atoms with Gasteiger partial charge in [-0.05, 0) is 37.6 Å². The third-order valence-corrected chi connectivity index (χ3v) is 2.99. The number of ether oxygens (including phenoxy) is 1. The van der Waals surface area contributed by atoms with Gasteiger partial charge in [0.05, 0.1) is 7.11 Å². The predicted octanol–water partition coefficient (Wildman–Crippen LogP) is 0.974. The van der Waals surface area contributed by atoms with E-state index in [1.165, 1.54) is 12.0 Å². The van der Waals surface area contributed by atoms with Gasteiger partial charge in [0.1, 0.15) is 13.2 Å². The molecule has 0 spiro atoms. The molecule has 1 N–H and O–H groups in total. The largest absolute Gasteiger partial charge is 0.468 e. The summed E-state index contributed by atoms with van der Waals surface area (Å²) in [6.45, 7) is 3.78. The monoisotopic (exact) mass is 289 g/mol. The van der Waals surface area contributed by atoms with Gasteiger partial charge in [-0.15, -0.1) is 0 Å². The lowest BCUT2D eigenvalue weighted by Gasteiger charge is -2.19. The first-order valence-corrected chi connectivity index (χ1v) is 6.60. The summed E-state index contributed by atoms with van der Waals surface area (Å²) in [6.07, 6.45) is 0. The Labute approximate surface area is 124 Å². The van der Waals surface area contributed by atoms with Crippen LogP contribution in [0.3, 0.4) is 0 Å². The number of rotatable bonds is 4. The van der Waals surface area contributed by atoms with Crippen molar-refractivity contribution < 1.29 is 19.4 Å². The van der Waals surface area contributed by atoms with E-state index in [1.54, 1.807) is 25.1 Å². The molecule has 0 aliphatic rings. The van der Waals surface area contributed by atoms with Crippen LogP contribution in [0.15, 0.2) is 18.2 Å². The lowest BCUT2D eigenvalue weighted by Crippen LogP contribution is -2.36. The van der Waals surface area contributed by atoms with Crippen LogP contribution in [0.2, 0.25) is 0 Å². The molecule has 1 aromatic rings. The minimum atomic E-state index is -0.452. The van der Waals surface area contributed by atoms with E-state index in [0.29, 0.717) is 12.1 Å². The van der Waals surface area contributed by atoms with Gasteiger partial charge in [-0.2, -0.15) is 0 Å². The van der Waals surface area contributed by atoms with Crippen LogP contribution < -0.4 is 0 Å². The average molecular weight is 289 g/mol. The molecular formula is C16H19NO4. The van der Waals surface area contributed by atoms with Gasteiger partial charge in [-0.1, -0.05) is 11.8 Å². The van der Waals surface area contributed by atoms with Gasteiger partial charge in [-0.3, -0.25) is 9.59 Å². The summed E-state index contributed by atoms with van der Waals surface area (Å²) in [4.78, 5) is 25.1. The Kier molecular flexibility index (Phi) is 6.44. The standard InChI is InChI=1S/C16H19NO4/c1-4-17(11-15(19)21-3)16(20)14-8-7-13(6-5-9-18)12(2)10-14/h7-8,10,18H,4,9,11H2,1-3H3. The third kappa shape index (κ3) is 4.62. The highest BCUT2D eigenvalue weighted by molar-refractivity contribution is 5.96. The zero-order chi connectivity index (χ0) is 15.8. The van der Waals surface area contributed by atoms with Gasteiger partial charge in [-0.25, -0.2) is 0 Å². The van der Waals surface area contributed by atoms with Crippen LogP contribution in [0.4, 0.5) is 0 Å². The maximum absolute atomic E-state index is 12.3. The Morgan fingerprint density at radius 1 is 1.38 bits per heavy atom. The maximum Gasteiger partial charge on any atom is 0.325 e. The molecule has 0 saturated heterocycles. The number of benzene rings is 1. The minimum Gasteiger partial charge on any atom is -0.468 e. The van der Waals surface area contributed by atoms with Crippen molar-refractivity contribution in [3.8, 4) is 11.8 Å². The molecule has 0 fully saturated rings. The molecule has 0 atom stereocenters. The number of carbonyl (C=O) groups is 2. The highest BCUT2D eigenvalue weighted by Crippen LogP contribution is 2.12. The van der Waals surface area contributed by atoms with Gasteiger partial charge in [0.2, 0.25) is 0 Å². The first-order valence-electron chi connectivity index (χ1n) is 6.60. The zero-order valence-electron chi connectivity index (χ0n) is 12.5. The molecule has 1 amide bonds. The number of aliphatic hydroxyl groups is 1. The fraction of sp³-hybridized carbons (Fsp3) is 0.375. The number of carbonyl (C=O) groups excluding carboxylic acids is 2. The summed E-state index contributed by atoms with van der Waals surface area (Å²) >= 11 is 0. The molecule has 0 aromatic heterocycles. The second kappa shape index (κ2) is 8.08. The Morgan fingerprint density at radius 2 is 2.10 bits per heavy atom. The molecule has 21 heavy (non-hydrogen) atoms. The molecule has 5 heteroatoms. The number of esters is 1. The highest BCUT2D eigenvalue weighted by atomic mass is 16.5. The second-order valence-corrected chi connectivity index (χ2v) is 4.39. The minimum absolute atomic E-state index is 0.0725. The summed E-state index contributed by atoms with van der Waals surface area (Å²) in [5.41, 5.74) is 2.10. The smallest absolute Gasteiger partial charge is 0.325 e. The van der Waals surface area contributed by atoms with Gasteiger partial charge in [0.15, 0.2) is 0 Å². The van der Waals surface area contributed by atoms with Crippen LogP contribution in [-0.4, -0.2) is 48.7 Å². The number of likely N-dealkylation sites (N-methyl/N-ethyl adjacent to an activating group) is 1. The zero-order valence-corrected chi connectivity index (χ0v) is 12.5. The summed E-state index contributed by atoms with van der Waals surface area (Å²) < 4.78 is 4.58. The number of hydrogen-bond acceptors (Lipinski definition) is 4. The van der Waals surface area contributed by atoms with Crippen molar-refractivity contribution in [2.45, 2.75) is 13.8 Å². The first kappa shape index (κ1) is 16.7. The fourth-order valence-electron chi connectivity index (χ4n) is 1.80. The van der Waals surface area contributed by atoms with Crippen LogP contribution in [0.1, 0.15) is 28.4 Å². The molecule has 1 aromatic carbocycles. The third-order valence-electron chi connectivity index (χ3n) is 2.99. The van der Waals surface area contributed by atoms with Crippen molar-refractivity contribution in [3.63, 3.8) is 0 Å². The van der Waals surface area contributed by atoms with Gasteiger partial charge in [0, 0.05) is 17.7 Å². The van der Waals surface area contributed by atoms with E-state index in [1.807, 2.05) is 6.92 Å². The molecular weight excluding hydrogens is 270 g/mol.